The van der Waals surface area contributed by atoms with Crippen molar-refractivity contribution in [1.29, 1.82) is 10.5 Å². The van der Waals surface area contributed by atoms with Crippen LogP contribution in [0.4, 0.5) is 0 Å². The molecular formula is C68H72N2OS8. The van der Waals surface area contributed by atoms with Gasteiger partial charge in [-0.05, 0) is 182 Å². The fourth-order valence-electron chi connectivity index (χ4n) is 10.2. The molecule has 0 saturated heterocycles. The summed E-state index contributed by atoms with van der Waals surface area (Å²) in [5.41, 5.74) is 6.61. The molecule has 1 aliphatic rings. The Bertz CT molecular complexity index is 3230. The highest BCUT2D eigenvalue weighted by Crippen LogP contribution is 2.49. The van der Waals surface area contributed by atoms with Crippen molar-refractivity contribution in [2.75, 3.05) is 0 Å². The van der Waals surface area contributed by atoms with E-state index in [0.29, 0.717) is 17.1 Å². The van der Waals surface area contributed by atoms with Crippen LogP contribution in [0, 0.1) is 22.7 Å². The molecule has 0 atom stereocenters. The molecule has 9 rings (SSSR count). The van der Waals surface area contributed by atoms with Gasteiger partial charge >= 0.3 is 0 Å². The molecule has 8 aromatic heterocycles. The largest absolute Gasteiger partial charge is 0.457 e. The molecule has 11 heteroatoms. The van der Waals surface area contributed by atoms with E-state index in [9.17, 15) is 10.5 Å². The highest BCUT2D eigenvalue weighted by Gasteiger charge is 2.23. The maximum absolute atomic E-state index is 10.3. The Morgan fingerprint density at radius 2 is 0.734 bits per heavy atom. The quantitative estimate of drug-likeness (QED) is 0.0333. The first-order chi connectivity index (χ1) is 38.9. The molecule has 0 unspecified atom stereocenters. The summed E-state index contributed by atoms with van der Waals surface area (Å²) in [5.74, 6) is 1.25. The van der Waals surface area contributed by atoms with Crippen LogP contribution < -0.4 is 0 Å². The molecule has 8 aromatic rings. The van der Waals surface area contributed by atoms with E-state index in [1.54, 1.807) is 22.7 Å². The van der Waals surface area contributed by atoms with Gasteiger partial charge < -0.3 is 4.74 Å². The summed E-state index contributed by atoms with van der Waals surface area (Å²) in [4.78, 5) is 18.6. The lowest BCUT2D eigenvalue weighted by Crippen LogP contribution is -1.99. The number of allylic oxidation sites excluding steroid dienone is 6. The molecule has 0 aromatic carbocycles. The number of hydrogen-bond acceptors (Lipinski definition) is 11. The van der Waals surface area contributed by atoms with Crippen LogP contribution in [0.25, 0.3) is 70.7 Å². The Hall–Kier alpha value is -4.92. The second-order valence-electron chi connectivity index (χ2n) is 20.3. The van der Waals surface area contributed by atoms with Crippen molar-refractivity contribution in [2.24, 2.45) is 0 Å². The van der Waals surface area contributed by atoms with Crippen LogP contribution in [0.5, 0.6) is 0 Å². The van der Waals surface area contributed by atoms with E-state index in [2.05, 4.69) is 148 Å². The van der Waals surface area contributed by atoms with Gasteiger partial charge in [-0.1, -0.05) is 117 Å². The second kappa shape index (κ2) is 30.2. The lowest BCUT2D eigenvalue weighted by Gasteiger charge is -2.14. The fourth-order valence-corrected chi connectivity index (χ4v) is 19.0. The van der Waals surface area contributed by atoms with Crippen molar-refractivity contribution < 1.29 is 4.74 Å². The number of unbranched alkanes of at least 4 members (excludes halogenated alkanes) is 12. The summed E-state index contributed by atoms with van der Waals surface area (Å²) in [7, 11) is 0. The molecule has 0 radical (unpaired) electrons. The molecule has 0 aliphatic carbocycles. The van der Waals surface area contributed by atoms with Gasteiger partial charge in [-0.2, -0.15) is 10.5 Å². The first-order valence-corrected chi connectivity index (χ1v) is 35.4. The molecule has 3 nitrogen and oxygen atoms in total. The zero-order valence-electron chi connectivity index (χ0n) is 46.3. The second-order valence-corrected chi connectivity index (χ2v) is 28.6. The molecule has 0 N–H and O–H groups in total. The van der Waals surface area contributed by atoms with Crippen molar-refractivity contribution in [3.8, 4) is 70.7 Å². The summed E-state index contributed by atoms with van der Waals surface area (Å²) in [6, 6.07) is 31.6. The third kappa shape index (κ3) is 15.4. The first kappa shape index (κ1) is 58.7. The zero-order valence-corrected chi connectivity index (χ0v) is 52.8. The van der Waals surface area contributed by atoms with Crippen molar-refractivity contribution >= 4 is 103 Å². The third-order valence-corrected chi connectivity index (χ3v) is 24.1. The van der Waals surface area contributed by atoms with Gasteiger partial charge in [-0.25, -0.2) is 0 Å². The fraction of sp³-hybridized carbons (Fsp3) is 0.353. The zero-order chi connectivity index (χ0) is 54.8. The Morgan fingerprint density at radius 3 is 1.08 bits per heavy atom. The van der Waals surface area contributed by atoms with Gasteiger partial charge in [0.05, 0.1) is 0 Å². The number of nitriles is 2. The van der Waals surface area contributed by atoms with Crippen LogP contribution in [0.15, 0.2) is 131 Å². The van der Waals surface area contributed by atoms with Gasteiger partial charge in [0.15, 0.2) is 0 Å². The molecular weight excluding hydrogens is 1120 g/mol. The Balaban J connectivity index is 1.05. The van der Waals surface area contributed by atoms with Gasteiger partial charge in [-0.15, -0.1) is 90.7 Å². The van der Waals surface area contributed by atoms with Crippen LogP contribution in [-0.4, -0.2) is 0 Å². The molecule has 79 heavy (non-hydrogen) atoms. The van der Waals surface area contributed by atoms with Gasteiger partial charge in [0.1, 0.15) is 29.2 Å². The van der Waals surface area contributed by atoms with Gasteiger partial charge in [0, 0.05) is 73.9 Å². The summed E-state index contributed by atoms with van der Waals surface area (Å²) < 4.78 is 6.81. The maximum atomic E-state index is 10.3. The lowest BCUT2D eigenvalue weighted by molar-refractivity contribution is 0.332. The van der Waals surface area contributed by atoms with Crippen LogP contribution in [0.2, 0.25) is 0 Å². The summed E-state index contributed by atoms with van der Waals surface area (Å²) in [5, 5.41) is 24.8. The van der Waals surface area contributed by atoms with Crippen molar-refractivity contribution in [3.05, 3.63) is 163 Å². The number of ether oxygens (including phenoxy) is 1. The highest BCUT2D eigenvalue weighted by molar-refractivity contribution is 7.29. The SMILES string of the molecule is CCCCCCc1c(/C=C/C2=CC(=C(C#N)C#N)C=C(/C=C/c3sc(-c4ccc(-c5ccc(-c6cccs6)s5)s4)c(CCCCCC)c3CCCCCC)O2)sc(-c2ccc(-c3ccc(-c4cccs4)s3)s2)c1CCCCCC. The first-order valence-electron chi connectivity index (χ1n) is 28.7. The average molecular weight is 1190 g/mol. The lowest BCUT2D eigenvalue weighted by atomic mass is 9.96. The monoisotopic (exact) mass is 1190 g/mol. The van der Waals surface area contributed by atoms with Crippen molar-refractivity contribution in [2.45, 2.75) is 156 Å². The minimum absolute atomic E-state index is 0.0809. The van der Waals surface area contributed by atoms with E-state index in [0.717, 1.165) is 38.5 Å². The van der Waals surface area contributed by atoms with E-state index >= 15 is 0 Å². The minimum atomic E-state index is 0.0809. The van der Waals surface area contributed by atoms with E-state index < -0.39 is 0 Å². The van der Waals surface area contributed by atoms with Crippen LogP contribution in [0.1, 0.15) is 162 Å². The molecule has 0 spiro atoms. The smallest absolute Gasteiger partial charge is 0.137 e. The molecule has 0 amide bonds. The summed E-state index contributed by atoms with van der Waals surface area (Å²) in [6.45, 7) is 9.16. The molecule has 1 aliphatic heterocycles. The van der Waals surface area contributed by atoms with Crippen molar-refractivity contribution in [1.82, 2.24) is 0 Å². The van der Waals surface area contributed by atoms with Gasteiger partial charge in [-0.3, -0.25) is 0 Å². The molecule has 9 heterocycles. The Labute approximate surface area is 503 Å². The van der Waals surface area contributed by atoms with E-state index in [4.69, 9.17) is 4.74 Å². The molecule has 408 valence electrons. The van der Waals surface area contributed by atoms with Crippen LogP contribution in [-0.2, 0) is 30.4 Å². The summed E-state index contributed by atoms with van der Waals surface area (Å²) in [6.07, 6.45) is 36.0. The predicted octanol–water partition coefficient (Wildman–Crippen LogP) is 24.5. The highest BCUT2D eigenvalue weighted by atomic mass is 32.1. The number of rotatable bonds is 30. The van der Waals surface area contributed by atoms with Gasteiger partial charge in [0.2, 0.25) is 0 Å². The summed E-state index contributed by atoms with van der Waals surface area (Å²) >= 11 is 15.0. The topological polar surface area (TPSA) is 56.8 Å². The van der Waals surface area contributed by atoms with E-state index in [-0.39, 0.29) is 5.57 Å². The van der Waals surface area contributed by atoms with Crippen LogP contribution in [0.3, 0.4) is 0 Å². The van der Waals surface area contributed by atoms with Crippen LogP contribution >= 0.6 is 90.7 Å². The predicted molar refractivity (Wildman–Crippen MR) is 353 cm³/mol. The number of thiophene rings is 8. The Morgan fingerprint density at radius 1 is 0.392 bits per heavy atom. The normalized spacial score (nSPS) is 12.7. The van der Waals surface area contributed by atoms with E-state index in [1.807, 2.05) is 80.2 Å². The average Bonchev–Trinajstić information content (AvgIpc) is 4.45. The third-order valence-electron chi connectivity index (χ3n) is 14.4. The van der Waals surface area contributed by atoms with E-state index in [1.165, 1.54) is 180 Å². The number of nitrogens with zero attached hydrogens (tertiary/aromatic N) is 2. The molecule has 0 saturated carbocycles. The number of hydrogen-bond donors (Lipinski definition) is 0. The maximum Gasteiger partial charge on any atom is 0.137 e. The van der Waals surface area contributed by atoms with Gasteiger partial charge in [0.25, 0.3) is 0 Å². The molecule has 0 bridgehead atoms. The molecule has 0 fully saturated rings. The standard InChI is InChI=1S/C68H72N2OS8/c1-5-9-13-17-23-51-53(25-19-15-11-7-3)67(65-39-37-63(76-65)61-35-33-59(74-61)57-27-21-41-72-57)78-55(51)31-29-49-43-47(48(45-69)46-70)44-50(71-49)30-32-56-52(24-18-14-10-6-2)54(26-20-16-12-8-4)68(79-56)66-40-38-64(77-66)62-36-34-60(75-62)58-28-22-42-73-58/h21-22,27-44H,5-20,23-26H2,1-4H3/b31-29+,32-30+. The Kier molecular flexibility index (Phi) is 22.5. The van der Waals surface area contributed by atoms with Crippen molar-refractivity contribution in [3.63, 3.8) is 0 Å². The minimum Gasteiger partial charge on any atom is -0.457 e.